The van der Waals surface area contributed by atoms with Crippen LogP contribution in [0.3, 0.4) is 0 Å². The van der Waals surface area contributed by atoms with Crippen LogP contribution in [0.4, 0.5) is 0 Å². The van der Waals surface area contributed by atoms with Gasteiger partial charge in [-0.25, -0.2) is 0 Å². The smallest absolute Gasteiger partial charge is 0.224 e. The van der Waals surface area contributed by atoms with Gasteiger partial charge in [0.15, 0.2) is 0 Å². The molecule has 2 N–H and O–H groups in total. The average Bonchev–Trinajstić information content (AvgIpc) is 3.07. The minimum absolute atomic E-state index is 0.134. The van der Waals surface area contributed by atoms with Gasteiger partial charge in [0.2, 0.25) is 5.91 Å². The van der Waals surface area contributed by atoms with E-state index in [9.17, 15) is 9.90 Å². The van der Waals surface area contributed by atoms with Gasteiger partial charge in [0.25, 0.3) is 0 Å². The van der Waals surface area contributed by atoms with E-state index in [1.807, 2.05) is 6.07 Å². The topological polar surface area (TPSA) is 70.9 Å². The maximum atomic E-state index is 12.0. The molecule has 0 saturated heterocycles. The van der Waals surface area contributed by atoms with E-state index in [0.29, 0.717) is 18.5 Å². The summed E-state index contributed by atoms with van der Waals surface area (Å²) in [4.78, 5) is 17.5. The molecule has 1 heterocycles. The molecule has 1 atom stereocenters. The molecular weight excluding hydrogens is 316 g/mol. The van der Waals surface area contributed by atoms with Crippen LogP contribution in [0, 0.1) is 13.8 Å². The number of para-hydroxylation sites is 1. The molecule has 0 aliphatic carbocycles. The standard InChI is InChI=1S/C20H22N2O3/c1-13-7-8-15(9-14(13)2)18-11-17(25-22-18)12-21-20(24)10-16-5-3-4-6-19(16)23/h3-9,17,23H,10-12H2,1-2H3,(H,21,24)/t17-/m0/s1. The maximum absolute atomic E-state index is 12.0. The van der Waals surface area contributed by atoms with E-state index in [1.54, 1.807) is 24.3 Å². The lowest BCUT2D eigenvalue weighted by Crippen LogP contribution is -2.33. The number of aryl methyl sites for hydroxylation is 2. The van der Waals surface area contributed by atoms with Crippen LogP contribution in [-0.2, 0) is 16.1 Å². The van der Waals surface area contributed by atoms with E-state index in [1.165, 1.54) is 11.1 Å². The number of aromatic hydroxyl groups is 1. The number of hydrogen-bond donors (Lipinski definition) is 2. The van der Waals surface area contributed by atoms with Crippen LogP contribution in [0.5, 0.6) is 5.75 Å². The van der Waals surface area contributed by atoms with Crippen LogP contribution in [0.25, 0.3) is 0 Å². The van der Waals surface area contributed by atoms with E-state index in [2.05, 4.69) is 36.5 Å². The van der Waals surface area contributed by atoms with Crippen molar-refractivity contribution in [1.29, 1.82) is 0 Å². The molecule has 2 aromatic rings. The fourth-order valence-electron chi connectivity index (χ4n) is 2.75. The third kappa shape index (κ3) is 4.18. The Morgan fingerprint density at radius 2 is 2.04 bits per heavy atom. The molecule has 0 radical (unpaired) electrons. The van der Waals surface area contributed by atoms with Crippen molar-refractivity contribution in [1.82, 2.24) is 5.32 Å². The zero-order chi connectivity index (χ0) is 17.8. The van der Waals surface area contributed by atoms with Crippen LogP contribution in [0.2, 0.25) is 0 Å². The minimum atomic E-state index is -0.162. The molecule has 0 aromatic heterocycles. The summed E-state index contributed by atoms with van der Waals surface area (Å²) in [6.07, 6.45) is 0.647. The molecule has 0 saturated carbocycles. The summed E-state index contributed by atoms with van der Waals surface area (Å²) in [5.41, 5.74) is 5.05. The van der Waals surface area contributed by atoms with Gasteiger partial charge in [-0.1, -0.05) is 35.5 Å². The highest BCUT2D eigenvalue weighted by molar-refractivity contribution is 6.01. The third-order valence-corrected chi connectivity index (χ3v) is 4.44. The molecule has 25 heavy (non-hydrogen) atoms. The van der Waals surface area contributed by atoms with Gasteiger partial charge in [0, 0.05) is 12.0 Å². The van der Waals surface area contributed by atoms with E-state index in [0.717, 1.165) is 11.3 Å². The fourth-order valence-corrected chi connectivity index (χ4v) is 2.75. The van der Waals surface area contributed by atoms with E-state index in [-0.39, 0.29) is 24.2 Å². The van der Waals surface area contributed by atoms with E-state index < -0.39 is 0 Å². The molecule has 1 aliphatic heterocycles. The average molecular weight is 338 g/mol. The number of hydrogen-bond acceptors (Lipinski definition) is 4. The van der Waals surface area contributed by atoms with Crippen molar-refractivity contribution in [3.8, 4) is 5.75 Å². The van der Waals surface area contributed by atoms with Crippen molar-refractivity contribution >= 4 is 11.6 Å². The molecule has 3 rings (SSSR count). The lowest BCUT2D eigenvalue weighted by molar-refractivity contribution is -0.121. The lowest BCUT2D eigenvalue weighted by Gasteiger charge is -2.10. The van der Waals surface area contributed by atoms with Gasteiger partial charge >= 0.3 is 0 Å². The number of benzene rings is 2. The first-order chi connectivity index (χ1) is 12.0. The number of amides is 1. The monoisotopic (exact) mass is 338 g/mol. The summed E-state index contributed by atoms with van der Waals surface area (Å²) < 4.78 is 0. The Kier molecular flexibility index (Phi) is 5.03. The Hall–Kier alpha value is -2.82. The molecule has 1 amide bonds. The number of phenolic OH excluding ortho intramolecular Hbond substituents is 1. The molecular formula is C20H22N2O3. The summed E-state index contributed by atoms with van der Waals surface area (Å²) in [5.74, 6) is -0.0140. The van der Waals surface area contributed by atoms with Crippen molar-refractivity contribution in [2.24, 2.45) is 5.16 Å². The van der Waals surface area contributed by atoms with E-state index in [4.69, 9.17) is 4.84 Å². The Balaban J connectivity index is 1.50. The van der Waals surface area contributed by atoms with Gasteiger partial charge < -0.3 is 15.3 Å². The highest BCUT2D eigenvalue weighted by Gasteiger charge is 2.23. The van der Waals surface area contributed by atoms with Crippen molar-refractivity contribution in [3.63, 3.8) is 0 Å². The largest absolute Gasteiger partial charge is 0.508 e. The Bertz CT molecular complexity index is 814. The number of carbonyl (C=O) groups excluding carboxylic acids is 1. The molecule has 5 heteroatoms. The van der Waals surface area contributed by atoms with Crippen molar-refractivity contribution in [3.05, 3.63) is 64.7 Å². The van der Waals surface area contributed by atoms with Crippen molar-refractivity contribution < 1.29 is 14.7 Å². The molecule has 0 spiro atoms. The number of nitrogens with zero attached hydrogens (tertiary/aromatic N) is 1. The number of carbonyl (C=O) groups is 1. The van der Waals surface area contributed by atoms with Gasteiger partial charge in [-0.15, -0.1) is 0 Å². The van der Waals surface area contributed by atoms with Crippen LogP contribution >= 0.6 is 0 Å². The first-order valence-corrected chi connectivity index (χ1v) is 8.37. The van der Waals surface area contributed by atoms with Crippen LogP contribution in [0.1, 0.15) is 28.7 Å². The number of oxime groups is 1. The summed E-state index contributed by atoms with van der Waals surface area (Å²) in [6.45, 7) is 4.55. The molecule has 5 nitrogen and oxygen atoms in total. The van der Waals surface area contributed by atoms with Crippen LogP contribution in [-0.4, -0.2) is 29.4 Å². The molecule has 0 fully saturated rings. The van der Waals surface area contributed by atoms with Crippen molar-refractivity contribution in [2.75, 3.05) is 6.54 Å². The predicted molar refractivity (Wildman–Crippen MR) is 96.8 cm³/mol. The quantitative estimate of drug-likeness (QED) is 0.881. The predicted octanol–water partition coefficient (Wildman–Crippen LogP) is 2.86. The minimum Gasteiger partial charge on any atom is -0.508 e. The highest BCUT2D eigenvalue weighted by Crippen LogP contribution is 2.19. The Morgan fingerprint density at radius 3 is 2.80 bits per heavy atom. The second-order valence-corrected chi connectivity index (χ2v) is 6.38. The summed E-state index contributed by atoms with van der Waals surface area (Å²) >= 11 is 0. The van der Waals surface area contributed by atoms with Gasteiger partial charge in [-0.2, -0.15) is 0 Å². The first-order valence-electron chi connectivity index (χ1n) is 8.37. The Labute approximate surface area is 147 Å². The number of rotatable bonds is 5. The highest BCUT2D eigenvalue weighted by atomic mass is 16.6. The summed E-state index contributed by atoms with van der Waals surface area (Å²) in [5, 5.41) is 16.7. The number of nitrogens with one attached hydrogen (secondary N) is 1. The molecule has 0 unspecified atom stereocenters. The molecule has 0 bridgehead atoms. The van der Waals surface area contributed by atoms with Gasteiger partial charge in [-0.3, -0.25) is 4.79 Å². The molecule has 130 valence electrons. The summed E-state index contributed by atoms with van der Waals surface area (Å²) in [7, 11) is 0. The molecule has 1 aliphatic rings. The third-order valence-electron chi connectivity index (χ3n) is 4.44. The number of phenols is 1. The SMILES string of the molecule is Cc1ccc(C2=NO[C@H](CNC(=O)Cc3ccccc3O)C2)cc1C. The zero-order valence-electron chi connectivity index (χ0n) is 14.5. The van der Waals surface area contributed by atoms with Crippen LogP contribution < -0.4 is 5.32 Å². The van der Waals surface area contributed by atoms with Crippen LogP contribution in [0.15, 0.2) is 47.6 Å². The lowest BCUT2D eigenvalue weighted by atomic mass is 10.0. The fraction of sp³-hybridized carbons (Fsp3) is 0.300. The first kappa shape index (κ1) is 17.0. The van der Waals surface area contributed by atoms with Crippen molar-refractivity contribution in [2.45, 2.75) is 32.8 Å². The summed E-state index contributed by atoms with van der Waals surface area (Å²) in [6, 6.07) is 13.1. The van der Waals surface area contributed by atoms with Gasteiger partial charge in [-0.05, 0) is 42.7 Å². The Morgan fingerprint density at radius 1 is 1.24 bits per heavy atom. The second-order valence-electron chi connectivity index (χ2n) is 6.38. The second kappa shape index (κ2) is 7.38. The molecule has 2 aromatic carbocycles. The van der Waals surface area contributed by atoms with Gasteiger partial charge in [0.1, 0.15) is 11.9 Å². The normalized spacial score (nSPS) is 16.2. The maximum Gasteiger partial charge on any atom is 0.224 e. The zero-order valence-corrected chi connectivity index (χ0v) is 14.5. The van der Waals surface area contributed by atoms with Gasteiger partial charge in [0.05, 0.1) is 18.7 Å². The van der Waals surface area contributed by atoms with E-state index >= 15 is 0 Å².